The second-order valence-corrected chi connectivity index (χ2v) is 7.33. The first-order valence-electron chi connectivity index (χ1n) is 9.93. The molecule has 2 aromatic heterocycles. The number of hydrogen-bond donors (Lipinski definition) is 0. The van der Waals surface area contributed by atoms with Crippen LogP contribution in [-0.2, 0) is 0 Å². The molecule has 0 aliphatic carbocycles. The summed E-state index contributed by atoms with van der Waals surface area (Å²) in [6.07, 6.45) is 5.33. The number of ketones is 1. The van der Waals surface area contributed by atoms with Crippen LogP contribution in [0.2, 0.25) is 0 Å². The molecule has 156 valence electrons. The second-order valence-electron chi connectivity index (χ2n) is 7.33. The van der Waals surface area contributed by atoms with Crippen molar-refractivity contribution in [3.05, 3.63) is 84.2 Å². The lowest BCUT2D eigenvalue weighted by atomic mass is 10.1. The van der Waals surface area contributed by atoms with Crippen LogP contribution in [-0.4, -0.2) is 33.3 Å². The summed E-state index contributed by atoms with van der Waals surface area (Å²) in [7, 11) is 0. The van der Waals surface area contributed by atoms with Gasteiger partial charge in [-0.2, -0.15) is 0 Å². The fourth-order valence-corrected chi connectivity index (χ4v) is 3.82. The summed E-state index contributed by atoms with van der Waals surface area (Å²) in [4.78, 5) is 16.9. The van der Waals surface area contributed by atoms with E-state index in [9.17, 15) is 4.79 Å². The van der Waals surface area contributed by atoms with Gasteiger partial charge in [0.1, 0.15) is 5.75 Å². The van der Waals surface area contributed by atoms with Crippen molar-refractivity contribution in [2.45, 2.75) is 13.8 Å². The highest BCUT2D eigenvalue weighted by molar-refractivity contribution is 5.98. The van der Waals surface area contributed by atoms with Gasteiger partial charge in [-0.15, -0.1) is 0 Å². The summed E-state index contributed by atoms with van der Waals surface area (Å²) in [5.41, 5.74) is 4.37. The number of rotatable bonds is 6. The lowest BCUT2D eigenvalue weighted by Gasteiger charge is -2.11. The Labute approximate surface area is 179 Å². The Morgan fingerprint density at radius 1 is 1.03 bits per heavy atom. The van der Waals surface area contributed by atoms with Gasteiger partial charge in [0, 0.05) is 46.8 Å². The van der Waals surface area contributed by atoms with Crippen LogP contribution in [0.3, 0.4) is 0 Å². The maximum atomic E-state index is 12.9. The molecule has 0 amide bonds. The van der Waals surface area contributed by atoms with E-state index in [2.05, 4.69) is 4.98 Å². The highest BCUT2D eigenvalue weighted by atomic mass is 16.7. The number of benzene rings is 2. The number of Topliss-reactive ketones (excluding diaryl/α,β-unsaturated/α-hetero) is 1. The van der Waals surface area contributed by atoms with Gasteiger partial charge in [-0.25, -0.2) is 4.98 Å². The largest absolute Gasteiger partial charge is 0.485 e. The van der Waals surface area contributed by atoms with Crippen LogP contribution in [0.4, 0.5) is 0 Å². The van der Waals surface area contributed by atoms with E-state index in [1.165, 1.54) is 0 Å². The molecule has 0 radical (unpaired) electrons. The molecular formula is C24H21N3O4. The molecule has 1 aliphatic rings. The minimum atomic E-state index is -0.0706. The van der Waals surface area contributed by atoms with Crippen molar-refractivity contribution >= 4 is 5.78 Å². The third-order valence-electron chi connectivity index (χ3n) is 5.36. The van der Waals surface area contributed by atoms with Crippen molar-refractivity contribution in [2.75, 3.05) is 13.4 Å². The van der Waals surface area contributed by atoms with Gasteiger partial charge < -0.3 is 23.3 Å². The van der Waals surface area contributed by atoms with Gasteiger partial charge >= 0.3 is 0 Å². The third-order valence-corrected chi connectivity index (χ3v) is 5.36. The van der Waals surface area contributed by atoms with Crippen LogP contribution in [0.5, 0.6) is 17.2 Å². The fraction of sp³-hybridized carbons (Fsp3) is 0.167. The molecule has 7 nitrogen and oxygen atoms in total. The Morgan fingerprint density at radius 3 is 2.58 bits per heavy atom. The number of fused-ring (bicyclic) bond motifs is 1. The smallest absolute Gasteiger partial charge is 0.231 e. The highest BCUT2D eigenvalue weighted by Gasteiger charge is 2.20. The number of aromatic nitrogens is 3. The van der Waals surface area contributed by atoms with Crippen LogP contribution in [0.25, 0.3) is 11.4 Å². The lowest BCUT2D eigenvalue weighted by Crippen LogP contribution is -2.12. The van der Waals surface area contributed by atoms with Crippen LogP contribution >= 0.6 is 0 Å². The van der Waals surface area contributed by atoms with E-state index in [-0.39, 0.29) is 19.2 Å². The minimum Gasteiger partial charge on any atom is -0.485 e. The monoisotopic (exact) mass is 415 g/mol. The zero-order valence-corrected chi connectivity index (χ0v) is 17.2. The maximum absolute atomic E-state index is 12.9. The molecule has 7 heteroatoms. The normalized spacial score (nSPS) is 12.2. The molecule has 2 aromatic carbocycles. The Kier molecular flexibility index (Phi) is 4.71. The van der Waals surface area contributed by atoms with Gasteiger partial charge in [0.2, 0.25) is 12.6 Å². The number of carbonyl (C=O) groups excluding carboxylic acids is 1. The first-order valence-corrected chi connectivity index (χ1v) is 9.93. The molecule has 3 heterocycles. The number of carbonyl (C=O) groups is 1. The van der Waals surface area contributed by atoms with E-state index in [4.69, 9.17) is 14.2 Å². The predicted octanol–water partition coefficient (Wildman–Crippen LogP) is 4.27. The average molecular weight is 415 g/mol. The van der Waals surface area contributed by atoms with E-state index >= 15 is 0 Å². The summed E-state index contributed by atoms with van der Waals surface area (Å²) in [6.45, 7) is 4.11. The molecule has 0 fully saturated rings. The van der Waals surface area contributed by atoms with Gasteiger partial charge in [0.25, 0.3) is 0 Å². The zero-order valence-electron chi connectivity index (χ0n) is 17.2. The first-order chi connectivity index (χ1) is 15.1. The number of ether oxygens (including phenoxy) is 3. The molecule has 0 saturated carbocycles. The van der Waals surface area contributed by atoms with Crippen molar-refractivity contribution < 1.29 is 19.0 Å². The Morgan fingerprint density at radius 2 is 1.81 bits per heavy atom. The summed E-state index contributed by atoms with van der Waals surface area (Å²) >= 11 is 0. The highest BCUT2D eigenvalue weighted by Crippen LogP contribution is 2.35. The molecule has 31 heavy (non-hydrogen) atoms. The SMILES string of the molecule is Cc1cc(C(=O)COc2ccc(-n3ccnc3)cc2)c(C)n1-c1ccc2c(c1)OCO2. The van der Waals surface area contributed by atoms with E-state index in [0.717, 1.165) is 28.5 Å². The summed E-state index contributed by atoms with van der Waals surface area (Å²) < 4.78 is 20.6. The van der Waals surface area contributed by atoms with Crippen molar-refractivity contribution in [1.29, 1.82) is 0 Å². The minimum absolute atomic E-state index is 0.0319. The molecule has 0 N–H and O–H groups in total. The quantitative estimate of drug-likeness (QED) is 0.440. The number of aryl methyl sites for hydroxylation is 1. The molecule has 0 spiro atoms. The molecule has 4 aromatic rings. The van der Waals surface area contributed by atoms with Gasteiger partial charge in [0.15, 0.2) is 18.1 Å². The topological polar surface area (TPSA) is 67.5 Å². The maximum Gasteiger partial charge on any atom is 0.231 e. The van der Waals surface area contributed by atoms with E-state index in [1.807, 2.05) is 77.7 Å². The zero-order chi connectivity index (χ0) is 21.4. The van der Waals surface area contributed by atoms with Crippen molar-refractivity contribution in [2.24, 2.45) is 0 Å². The number of hydrogen-bond acceptors (Lipinski definition) is 5. The molecule has 5 rings (SSSR count). The molecule has 0 bridgehead atoms. The predicted molar refractivity (Wildman–Crippen MR) is 115 cm³/mol. The summed E-state index contributed by atoms with van der Waals surface area (Å²) in [5.74, 6) is 2.01. The second kappa shape index (κ2) is 7.68. The van der Waals surface area contributed by atoms with E-state index in [0.29, 0.717) is 17.1 Å². The van der Waals surface area contributed by atoms with Crippen LogP contribution in [0.15, 0.2) is 67.3 Å². The van der Waals surface area contributed by atoms with Crippen molar-refractivity contribution in [1.82, 2.24) is 14.1 Å². The van der Waals surface area contributed by atoms with Crippen LogP contribution in [0, 0.1) is 13.8 Å². The van der Waals surface area contributed by atoms with Crippen molar-refractivity contribution in [3.63, 3.8) is 0 Å². The van der Waals surface area contributed by atoms with Gasteiger partial charge in [-0.05, 0) is 56.3 Å². The number of imidazole rings is 1. The molecule has 0 unspecified atom stereocenters. The molecule has 1 aliphatic heterocycles. The Hall–Kier alpha value is -4.00. The summed E-state index contributed by atoms with van der Waals surface area (Å²) in [6, 6.07) is 15.2. The molecular weight excluding hydrogens is 394 g/mol. The Bertz CT molecular complexity index is 1240. The molecule has 0 atom stereocenters. The number of nitrogens with zero attached hydrogens (tertiary/aromatic N) is 3. The lowest BCUT2D eigenvalue weighted by molar-refractivity contribution is 0.0921. The first kappa shape index (κ1) is 19.0. The van der Waals surface area contributed by atoms with E-state index in [1.54, 1.807) is 12.5 Å². The van der Waals surface area contributed by atoms with E-state index < -0.39 is 0 Å². The van der Waals surface area contributed by atoms with Crippen LogP contribution < -0.4 is 14.2 Å². The molecule has 0 saturated heterocycles. The van der Waals surface area contributed by atoms with Gasteiger partial charge in [-0.3, -0.25) is 4.79 Å². The fourth-order valence-electron chi connectivity index (χ4n) is 3.82. The van der Waals surface area contributed by atoms with Crippen molar-refractivity contribution in [3.8, 4) is 28.6 Å². The van der Waals surface area contributed by atoms with Crippen LogP contribution in [0.1, 0.15) is 21.7 Å². The standard InChI is InChI=1S/C24H21N3O4/c1-16-11-21(17(2)27(16)19-5-8-23-24(12-19)31-15-30-23)22(28)13-29-20-6-3-18(4-7-20)26-10-9-25-14-26/h3-12,14H,13,15H2,1-2H3. The third kappa shape index (κ3) is 3.54. The van der Waals surface area contributed by atoms with Gasteiger partial charge in [0.05, 0.1) is 6.33 Å². The van der Waals surface area contributed by atoms with Gasteiger partial charge in [-0.1, -0.05) is 0 Å². The Balaban J connectivity index is 1.31. The summed E-state index contributed by atoms with van der Waals surface area (Å²) in [5, 5.41) is 0. The average Bonchev–Trinajstić information content (AvgIpc) is 3.52.